The number of amides is 1. The highest BCUT2D eigenvalue weighted by Crippen LogP contribution is 2.32. The Morgan fingerprint density at radius 2 is 1.69 bits per heavy atom. The Morgan fingerprint density at radius 1 is 0.914 bits per heavy atom. The molecule has 0 aliphatic carbocycles. The zero-order valence-corrected chi connectivity index (χ0v) is 20.2. The number of carbonyl (C=O) groups excluding carboxylic acids is 2. The maximum absolute atomic E-state index is 12.9. The van der Waals surface area contributed by atoms with E-state index in [2.05, 4.69) is 5.32 Å². The molecule has 1 amide bonds. The van der Waals surface area contributed by atoms with E-state index in [1.807, 2.05) is 55.5 Å². The molecule has 3 aromatic carbocycles. The molecule has 6 nitrogen and oxygen atoms in total. The Balaban J connectivity index is 1.50. The van der Waals surface area contributed by atoms with Crippen LogP contribution >= 0.6 is 0 Å². The minimum atomic E-state index is -0.408. The molecule has 0 saturated heterocycles. The number of hydrogen-bond acceptors (Lipinski definition) is 5. The Bertz CT molecular complexity index is 1370. The Kier molecular flexibility index (Phi) is 7.01. The molecule has 0 radical (unpaired) electrons. The molecular weight excluding hydrogens is 442 g/mol. The third-order valence-corrected chi connectivity index (χ3v) is 5.63. The number of esters is 1. The number of ether oxygens (including phenoxy) is 2. The van der Waals surface area contributed by atoms with Crippen molar-refractivity contribution in [1.29, 1.82) is 0 Å². The van der Waals surface area contributed by atoms with Crippen LogP contribution in [0.25, 0.3) is 22.5 Å². The molecule has 0 unspecified atom stereocenters. The van der Waals surface area contributed by atoms with Gasteiger partial charge in [0.1, 0.15) is 22.8 Å². The van der Waals surface area contributed by atoms with Crippen LogP contribution in [0.5, 0.6) is 5.75 Å². The zero-order valence-electron chi connectivity index (χ0n) is 20.2. The molecule has 1 heterocycles. The first-order chi connectivity index (χ1) is 16.9. The van der Waals surface area contributed by atoms with Crippen LogP contribution in [0.4, 0.5) is 5.69 Å². The second kappa shape index (κ2) is 10.3. The van der Waals surface area contributed by atoms with E-state index in [1.165, 1.54) is 0 Å². The Hall–Kier alpha value is -4.32. The van der Waals surface area contributed by atoms with E-state index in [0.29, 0.717) is 34.9 Å². The molecule has 0 bridgehead atoms. The molecule has 4 rings (SSSR count). The molecule has 0 atom stereocenters. The quantitative estimate of drug-likeness (QED) is 0.306. The van der Waals surface area contributed by atoms with Gasteiger partial charge in [0, 0.05) is 22.4 Å². The third kappa shape index (κ3) is 5.27. The molecule has 0 aliphatic heterocycles. The van der Waals surface area contributed by atoms with E-state index in [4.69, 9.17) is 13.9 Å². The summed E-state index contributed by atoms with van der Waals surface area (Å²) in [5, 5.41) is 2.93. The highest BCUT2D eigenvalue weighted by Gasteiger charge is 2.17. The van der Waals surface area contributed by atoms with Gasteiger partial charge in [-0.15, -0.1) is 0 Å². The normalized spacial score (nSPS) is 10.6. The molecule has 4 aromatic rings. The molecule has 0 saturated carbocycles. The average Bonchev–Trinajstić information content (AvgIpc) is 3.26. The van der Waals surface area contributed by atoms with Gasteiger partial charge in [-0.1, -0.05) is 24.3 Å². The van der Waals surface area contributed by atoms with Crippen LogP contribution in [-0.2, 0) is 4.74 Å². The second-order valence-corrected chi connectivity index (χ2v) is 8.12. The average molecular weight is 470 g/mol. The van der Waals surface area contributed by atoms with Crippen LogP contribution in [0.1, 0.15) is 39.0 Å². The number of rotatable bonds is 7. The lowest BCUT2D eigenvalue weighted by atomic mass is 10.0. The predicted octanol–water partition coefficient (Wildman–Crippen LogP) is 6.67. The number of furan rings is 1. The standard InChI is InChI=1S/C29H27NO5/c1-5-34-29(32)25-17-26(35-19(25)3)20-10-12-23(13-11-20)30-28(31)22-8-6-7-21(16-22)24-14-9-18(2)15-27(24)33-4/h6-17H,5H2,1-4H3,(H,30,31). The molecule has 6 heteroatoms. The minimum absolute atomic E-state index is 0.218. The fraction of sp³-hybridized carbons (Fsp3) is 0.172. The molecule has 0 fully saturated rings. The number of methoxy groups -OCH3 is 1. The number of anilines is 1. The molecule has 0 spiro atoms. The van der Waals surface area contributed by atoms with E-state index in [1.54, 1.807) is 45.2 Å². The fourth-order valence-electron chi connectivity index (χ4n) is 3.82. The largest absolute Gasteiger partial charge is 0.496 e. The first-order valence-corrected chi connectivity index (χ1v) is 11.3. The monoisotopic (exact) mass is 469 g/mol. The molecule has 35 heavy (non-hydrogen) atoms. The number of hydrogen-bond donors (Lipinski definition) is 1. The van der Waals surface area contributed by atoms with Gasteiger partial charge in [0.2, 0.25) is 0 Å². The Morgan fingerprint density at radius 3 is 2.40 bits per heavy atom. The summed E-state index contributed by atoms with van der Waals surface area (Å²) in [4.78, 5) is 25.0. The highest BCUT2D eigenvalue weighted by molar-refractivity contribution is 6.05. The van der Waals surface area contributed by atoms with E-state index >= 15 is 0 Å². The summed E-state index contributed by atoms with van der Waals surface area (Å²) < 4.78 is 16.3. The van der Waals surface area contributed by atoms with Crippen LogP contribution in [0, 0.1) is 13.8 Å². The lowest BCUT2D eigenvalue weighted by molar-refractivity contribution is 0.0524. The van der Waals surface area contributed by atoms with Crippen molar-refractivity contribution < 1.29 is 23.5 Å². The third-order valence-electron chi connectivity index (χ3n) is 5.63. The molecule has 178 valence electrons. The lowest BCUT2D eigenvalue weighted by Gasteiger charge is -2.11. The van der Waals surface area contributed by atoms with E-state index < -0.39 is 5.97 Å². The molecule has 1 N–H and O–H groups in total. The number of carbonyl (C=O) groups is 2. The van der Waals surface area contributed by atoms with Gasteiger partial charge in [0.25, 0.3) is 5.91 Å². The summed E-state index contributed by atoms with van der Waals surface area (Å²) in [6.45, 7) is 5.80. The van der Waals surface area contributed by atoms with Gasteiger partial charge in [-0.25, -0.2) is 4.79 Å². The summed E-state index contributed by atoms with van der Waals surface area (Å²) in [6, 6.07) is 22.3. The Labute approximate surface area is 204 Å². The van der Waals surface area contributed by atoms with Gasteiger partial charge in [0.15, 0.2) is 0 Å². The zero-order chi connectivity index (χ0) is 24.9. The maximum Gasteiger partial charge on any atom is 0.341 e. The summed E-state index contributed by atoms with van der Waals surface area (Å²) in [6.07, 6.45) is 0. The highest BCUT2D eigenvalue weighted by atomic mass is 16.5. The minimum Gasteiger partial charge on any atom is -0.496 e. The van der Waals surface area contributed by atoms with Crippen LogP contribution in [-0.4, -0.2) is 25.6 Å². The van der Waals surface area contributed by atoms with Gasteiger partial charge < -0.3 is 19.2 Å². The summed E-state index contributed by atoms with van der Waals surface area (Å²) in [7, 11) is 1.64. The van der Waals surface area contributed by atoms with Gasteiger partial charge in [0.05, 0.1) is 13.7 Å². The van der Waals surface area contributed by atoms with E-state index in [0.717, 1.165) is 28.0 Å². The summed E-state index contributed by atoms with van der Waals surface area (Å²) in [5.41, 5.74) is 5.30. The summed E-state index contributed by atoms with van der Waals surface area (Å²) in [5.74, 6) is 1.19. The number of nitrogens with one attached hydrogen (secondary N) is 1. The van der Waals surface area contributed by atoms with Crippen LogP contribution in [0.15, 0.2) is 77.2 Å². The van der Waals surface area contributed by atoms with Crippen molar-refractivity contribution in [3.05, 3.63) is 95.2 Å². The van der Waals surface area contributed by atoms with Crippen LogP contribution in [0.2, 0.25) is 0 Å². The fourth-order valence-corrected chi connectivity index (χ4v) is 3.82. The number of aryl methyl sites for hydroxylation is 2. The van der Waals surface area contributed by atoms with Crippen molar-refractivity contribution >= 4 is 17.6 Å². The molecule has 1 aromatic heterocycles. The van der Waals surface area contributed by atoms with Gasteiger partial charge in [-0.05, 0) is 80.4 Å². The van der Waals surface area contributed by atoms with Crippen molar-refractivity contribution in [2.24, 2.45) is 0 Å². The van der Waals surface area contributed by atoms with Gasteiger partial charge >= 0.3 is 5.97 Å². The van der Waals surface area contributed by atoms with Gasteiger partial charge in [-0.3, -0.25) is 4.79 Å². The van der Waals surface area contributed by atoms with Crippen molar-refractivity contribution in [2.75, 3.05) is 19.0 Å². The topological polar surface area (TPSA) is 77.8 Å². The summed E-state index contributed by atoms with van der Waals surface area (Å²) >= 11 is 0. The van der Waals surface area contributed by atoms with Crippen molar-refractivity contribution in [3.63, 3.8) is 0 Å². The van der Waals surface area contributed by atoms with Crippen LogP contribution < -0.4 is 10.1 Å². The van der Waals surface area contributed by atoms with Crippen LogP contribution in [0.3, 0.4) is 0 Å². The van der Waals surface area contributed by atoms with E-state index in [-0.39, 0.29) is 5.91 Å². The van der Waals surface area contributed by atoms with Crippen molar-refractivity contribution in [2.45, 2.75) is 20.8 Å². The first kappa shape index (κ1) is 23.8. The SMILES string of the molecule is CCOC(=O)c1cc(-c2ccc(NC(=O)c3cccc(-c4ccc(C)cc4OC)c3)cc2)oc1C. The maximum atomic E-state index is 12.9. The van der Waals surface area contributed by atoms with Gasteiger partial charge in [-0.2, -0.15) is 0 Å². The lowest BCUT2D eigenvalue weighted by Crippen LogP contribution is -2.11. The first-order valence-electron chi connectivity index (χ1n) is 11.3. The smallest absolute Gasteiger partial charge is 0.341 e. The second-order valence-electron chi connectivity index (χ2n) is 8.12. The van der Waals surface area contributed by atoms with Crippen molar-refractivity contribution in [1.82, 2.24) is 0 Å². The predicted molar refractivity (Wildman–Crippen MR) is 136 cm³/mol. The molecule has 0 aliphatic rings. The molecular formula is C29H27NO5. The van der Waals surface area contributed by atoms with E-state index in [9.17, 15) is 9.59 Å². The number of benzene rings is 3. The van der Waals surface area contributed by atoms with Crippen molar-refractivity contribution in [3.8, 4) is 28.2 Å².